The second-order valence-corrected chi connectivity index (χ2v) is 8.10. The van der Waals surface area contributed by atoms with Gasteiger partial charge in [0.15, 0.2) is 9.84 Å². The van der Waals surface area contributed by atoms with Crippen molar-refractivity contribution in [1.82, 2.24) is 5.32 Å². The lowest BCUT2D eigenvalue weighted by atomic mass is 10.2. The van der Waals surface area contributed by atoms with Crippen LogP contribution in [0.2, 0.25) is 0 Å². The zero-order chi connectivity index (χ0) is 14.2. The fourth-order valence-electron chi connectivity index (χ4n) is 1.85. The van der Waals surface area contributed by atoms with Crippen LogP contribution in [-0.2, 0) is 14.6 Å². The van der Waals surface area contributed by atoms with Gasteiger partial charge in [-0.05, 0) is 27.2 Å². The average molecular weight is 278 g/mol. The number of carbonyl (C=O) groups excluding carboxylic acids is 1. The lowest BCUT2D eigenvalue weighted by molar-refractivity contribution is 0.0499. The quantitative estimate of drug-likeness (QED) is 0.776. The van der Waals surface area contributed by atoms with Crippen LogP contribution >= 0.6 is 0 Å². The van der Waals surface area contributed by atoms with Crippen LogP contribution in [0.15, 0.2) is 0 Å². The van der Waals surface area contributed by atoms with Crippen LogP contribution in [0.1, 0.15) is 34.1 Å². The van der Waals surface area contributed by atoms with E-state index < -0.39 is 32.3 Å². The largest absolute Gasteiger partial charge is 0.444 e. The van der Waals surface area contributed by atoms with Gasteiger partial charge in [-0.1, -0.05) is 6.92 Å². The molecule has 1 aliphatic rings. The zero-order valence-electron chi connectivity index (χ0n) is 11.3. The Morgan fingerprint density at radius 1 is 1.50 bits per heavy atom. The van der Waals surface area contributed by atoms with Crippen molar-refractivity contribution in [2.45, 2.75) is 50.5 Å². The molecule has 18 heavy (non-hydrogen) atoms. The molecule has 0 bridgehead atoms. The molecule has 1 rings (SSSR count). The summed E-state index contributed by atoms with van der Waals surface area (Å²) >= 11 is 0. The van der Waals surface area contributed by atoms with Crippen LogP contribution in [0.3, 0.4) is 0 Å². The third-order valence-corrected chi connectivity index (χ3v) is 5.25. The van der Waals surface area contributed by atoms with E-state index in [9.17, 15) is 13.2 Å². The number of amides is 1. The molecule has 2 atom stereocenters. The van der Waals surface area contributed by atoms with Gasteiger partial charge in [0.05, 0.1) is 10.8 Å². The summed E-state index contributed by atoms with van der Waals surface area (Å²) in [7, 11) is -3.18. The van der Waals surface area contributed by atoms with Crippen molar-refractivity contribution in [3.63, 3.8) is 0 Å². The van der Waals surface area contributed by atoms with E-state index in [0.717, 1.165) is 0 Å². The molecule has 1 aliphatic carbocycles. The number of nitrogens with two attached hydrogens (primary N) is 1. The van der Waals surface area contributed by atoms with Crippen molar-refractivity contribution in [1.29, 1.82) is 0 Å². The van der Waals surface area contributed by atoms with E-state index in [0.29, 0.717) is 6.42 Å². The Kier molecular flexibility index (Phi) is 3.97. The van der Waals surface area contributed by atoms with Gasteiger partial charge < -0.3 is 15.8 Å². The summed E-state index contributed by atoms with van der Waals surface area (Å²) in [6.45, 7) is 6.91. The van der Waals surface area contributed by atoms with E-state index >= 15 is 0 Å². The van der Waals surface area contributed by atoms with Gasteiger partial charge in [-0.3, -0.25) is 0 Å². The molecule has 6 nitrogen and oxygen atoms in total. The summed E-state index contributed by atoms with van der Waals surface area (Å²) in [5, 5.41) is 2.01. The molecule has 106 valence electrons. The number of rotatable bonds is 4. The molecule has 1 amide bonds. The highest BCUT2D eigenvalue weighted by atomic mass is 32.2. The Balaban J connectivity index is 2.69. The van der Waals surface area contributed by atoms with E-state index in [1.54, 1.807) is 27.7 Å². The highest BCUT2D eigenvalue weighted by molar-refractivity contribution is 7.92. The van der Waals surface area contributed by atoms with Crippen molar-refractivity contribution in [3.8, 4) is 0 Å². The van der Waals surface area contributed by atoms with Gasteiger partial charge in [0.2, 0.25) is 0 Å². The molecule has 7 heteroatoms. The number of carbonyl (C=O) groups is 1. The first-order valence-electron chi connectivity index (χ1n) is 5.99. The molecule has 0 unspecified atom stereocenters. The average Bonchev–Trinajstić information content (AvgIpc) is 2.91. The number of hydrogen-bond acceptors (Lipinski definition) is 5. The summed E-state index contributed by atoms with van der Waals surface area (Å²) in [5.74, 6) is 0.0510. The van der Waals surface area contributed by atoms with Gasteiger partial charge in [-0.15, -0.1) is 0 Å². The molecular weight excluding hydrogens is 256 g/mol. The Morgan fingerprint density at radius 3 is 2.44 bits per heavy atom. The van der Waals surface area contributed by atoms with Gasteiger partial charge in [0.25, 0.3) is 0 Å². The number of sulfone groups is 1. The second-order valence-electron chi connectivity index (χ2n) is 5.63. The molecule has 0 spiro atoms. The van der Waals surface area contributed by atoms with E-state index in [1.165, 1.54) is 0 Å². The Hall–Kier alpha value is -0.820. The first-order chi connectivity index (χ1) is 8.06. The monoisotopic (exact) mass is 278 g/mol. The summed E-state index contributed by atoms with van der Waals surface area (Å²) in [5.41, 5.74) is 4.12. The summed E-state index contributed by atoms with van der Waals surface area (Å²) in [6.07, 6.45) is -0.263. The minimum absolute atomic E-state index is 0.0510. The maximum atomic E-state index is 11.8. The van der Waals surface area contributed by atoms with Gasteiger partial charge in [0.1, 0.15) is 5.60 Å². The summed E-state index contributed by atoms with van der Waals surface area (Å²) in [4.78, 5) is 11.7. The molecule has 3 N–H and O–H groups in total. The van der Waals surface area contributed by atoms with Crippen LogP contribution in [0.4, 0.5) is 4.79 Å². The van der Waals surface area contributed by atoms with Crippen molar-refractivity contribution < 1.29 is 17.9 Å². The van der Waals surface area contributed by atoms with Crippen molar-refractivity contribution >= 4 is 15.9 Å². The predicted octanol–water partition coefficient (Wildman–Crippen LogP) is 0.416. The highest BCUT2D eigenvalue weighted by Crippen LogP contribution is 2.41. The minimum Gasteiger partial charge on any atom is -0.444 e. The molecule has 0 aromatic carbocycles. The fraction of sp³-hybridized carbons (Fsp3) is 0.909. The van der Waals surface area contributed by atoms with Crippen molar-refractivity contribution in [3.05, 3.63) is 0 Å². The minimum atomic E-state index is -3.18. The van der Waals surface area contributed by atoms with Gasteiger partial charge in [0, 0.05) is 12.3 Å². The van der Waals surface area contributed by atoms with Crippen molar-refractivity contribution in [2.75, 3.05) is 12.3 Å². The van der Waals surface area contributed by atoms with Crippen LogP contribution < -0.4 is 11.1 Å². The maximum absolute atomic E-state index is 11.8. The molecule has 1 fully saturated rings. The Bertz CT molecular complexity index is 427. The van der Waals surface area contributed by atoms with Gasteiger partial charge in [-0.2, -0.15) is 0 Å². The molecule has 0 aromatic heterocycles. The first-order valence-corrected chi connectivity index (χ1v) is 7.70. The summed E-state index contributed by atoms with van der Waals surface area (Å²) < 4.78 is 28.6. The van der Waals surface area contributed by atoms with E-state index in [-0.39, 0.29) is 12.3 Å². The van der Waals surface area contributed by atoms with Crippen LogP contribution in [0.25, 0.3) is 0 Å². The molecule has 0 aliphatic heterocycles. The summed E-state index contributed by atoms with van der Waals surface area (Å²) in [6, 6.07) is 0. The highest BCUT2D eigenvalue weighted by Gasteiger charge is 2.61. The number of hydrogen-bond donors (Lipinski definition) is 2. The van der Waals surface area contributed by atoms with E-state index in [2.05, 4.69) is 5.32 Å². The van der Waals surface area contributed by atoms with Crippen LogP contribution in [0, 0.1) is 0 Å². The van der Waals surface area contributed by atoms with Crippen LogP contribution in [-0.4, -0.2) is 43.2 Å². The normalized spacial score (nSPS) is 27.7. The molecular formula is C11H22N2O4S. The number of alkyl carbamates (subject to hydrolysis) is 1. The predicted molar refractivity (Wildman–Crippen MR) is 69.0 cm³/mol. The second kappa shape index (κ2) is 4.70. The third-order valence-electron chi connectivity index (χ3n) is 2.96. The topological polar surface area (TPSA) is 98.5 Å². The molecule has 0 radical (unpaired) electrons. The molecule has 0 aromatic rings. The van der Waals surface area contributed by atoms with Gasteiger partial charge >= 0.3 is 6.09 Å². The van der Waals surface area contributed by atoms with E-state index in [4.69, 9.17) is 10.5 Å². The first kappa shape index (κ1) is 15.2. The number of ether oxygens (including phenoxy) is 1. The standard InChI is InChI=1S/C11H22N2O4S/c1-5-18(15,16)8-6-11(8,7-12)13-9(14)17-10(2,3)4/h8H,5-7,12H2,1-4H3,(H,13,14)/t8-,11+/m0/s1. The molecule has 1 saturated carbocycles. The van der Waals surface area contributed by atoms with E-state index in [1.807, 2.05) is 0 Å². The smallest absolute Gasteiger partial charge is 0.408 e. The number of nitrogens with one attached hydrogen (secondary N) is 1. The third kappa shape index (κ3) is 3.35. The lowest BCUT2D eigenvalue weighted by Gasteiger charge is -2.23. The Morgan fingerprint density at radius 2 is 2.06 bits per heavy atom. The SMILES string of the molecule is CCS(=O)(=O)[C@H]1C[C@]1(CN)NC(=O)OC(C)(C)C. The van der Waals surface area contributed by atoms with Crippen molar-refractivity contribution in [2.24, 2.45) is 5.73 Å². The fourth-order valence-corrected chi connectivity index (χ4v) is 3.64. The Labute approximate surface area is 108 Å². The van der Waals surface area contributed by atoms with Crippen LogP contribution in [0.5, 0.6) is 0 Å². The van der Waals surface area contributed by atoms with Gasteiger partial charge in [-0.25, -0.2) is 13.2 Å². The molecule has 0 saturated heterocycles. The zero-order valence-corrected chi connectivity index (χ0v) is 12.1. The molecule has 0 heterocycles. The maximum Gasteiger partial charge on any atom is 0.408 e. The lowest BCUT2D eigenvalue weighted by Crippen LogP contribution is -2.48.